The van der Waals surface area contributed by atoms with Crippen LogP contribution in [0.4, 0.5) is 0 Å². The average molecular weight is 410 g/mol. The van der Waals surface area contributed by atoms with Crippen molar-refractivity contribution < 1.29 is 9.47 Å². The number of methoxy groups -OCH3 is 1. The second-order valence-corrected chi connectivity index (χ2v) is 8.69. The van der Waals surface area contributed by atoms with Crippen LogP contribution in [0.2, 0.25) is 0 Å². The Labute approximate surface area is 181 Å². The van der Waals surface area contributed by atoms with Gasteiger partial charge in [-0.15, -0.1) is 0 Å². The Balaban J connectivity index is 1.34. The molecule has 0 spiro atoms. The van der Waals surface area contributed by atoms with Crippen LogP contribution in [-0.2, 0) is 13.1 Å². The van der Waals surface area contributed by atoms with Crippen molar-refractivity contribution in [1.82, 2.24) is 14.8 Å². The molecule has 0 amide bonds. The van der Waals surface area contributed by atoms with E-state index in [9.17, 15) is 0 Å². The van der Waals surface area contributed by atoms with Crippen molar-refractivity contribution in [2.24, 2.45) is 0 Å². The summed E-state index contributed by atoms with van der Waals surface area (Å²) >= 11 is 0. The molecular weight excluding hydrogens is 374 g/mol. The van der Waals surface area contributed by atoms with Gasteiger partial charge in [0, 0.05) is 31.9 Å². The predicted octanol–water partition coefficient (Wildman–Crippen LogP) is 4.43. The van der Waals surface area contributed by atoms with Gasteiger partial charge in [-0.2, -0.15) is 0 Å². The number of ether oxygens (including phenoxy) is 2. The van der Waals surface area contributed by atoms with Crippen LogP contribution in [0, 0.1) is 6.92 Å². The third-order valence-electron chi connectivity index (χ3n) is 6.24. The smallest absolute Gasteiger partial charge is 0.161 e. The molecule has 0 atom stereocenters. The Hall–Kier alpha value is -2.11. The maximum absolute atomic E-state index is 6.29. The van der Waals surface area contributed by atoms with Gasteiger partial charge in [-0.1, -0.05) is 12.1 Å². The van der Waals surface area contributed by atoms with Gasteiger partial charge >= 0.3 is 0 Å². The first-order valence-corrected chi connectivity index (χ1v) is 11.4. The minimum absolute atomic E-state index is 0.344. The molecule has 1 aromatic carbocycles. The van der Waals surface area contributed by atoms with E-state index in [2.05, 4.69) is 58.1 Å². The number of aromatic nitrogens is 1. The molecule has 1 aliphatic carbocycles. The second kappa shape index (κ2) is 10.3. The van der Waals surface area contributed by atoms with E-state index >= 15 is 0 Å². The molecule has 0 unspecified atom stereocenters. The Bertz CT molecular complexity index is 820. The van der Waals surface area contributed by atoms with Gasteiger partial charge < -0.3 is 9.47 Å². The van der Waals surface area contributed by atoms with E-state index in [1.54, 1.807) is 7.11 Å². The molecular formula is C25H35N3O2. The summed E-state index contributed by atoms with van der Waals surface area (Å²) in [6.45, 7) is 8.38. The maximum atomic E-state index is 6.29. The van der Waals surface area contributed by atoms with Crippen LogP contribution in [0.1, 0.15) is 49.1 Å². The normalized spacial score (nSPS) is 19.0. The van der Waals surface area contributed by atoms with Crippen molar-refractivity contribution in [3.63, 3.8) is 0 Å². The third kappa shape index (κ3) is 5.73. The van der Waals surface area contributed by atoms with Gasteiger partial charge in [-0.25, -0.2) is 0 Å². The molecule has 4 rings (SSSR count). The molecule has 0 N–H and O–H groups in total. The summed E-state index contributed by atoms with van der Waals surface area (Å²) in [5.41, 5.74) is 3.57. The SMILES string of the molecule is COc1ccc(CN2CCCN(Cc3cccc(C)n3)CC2)cc1OC1CCCC1. The molecule has 2 fully saturated rings. The van der Waals surface area contributed by atoms with Gasteiger partial charge in [-0.05, 0) is 81.9 Å². The first-order valence-electron chi connectivity index (χ1n) is 11.4. The van der Waals surface area contributed by atoms with Crippen LogP contribution in [-0.4, -0.2) is 54.2 Å². The van der Waals surface area contributed by atoms with Crippen LogP contribution in [0.3, 0.4) is 0 Å². The highest BCUT2D eigenvalue weighted by Crippen LogP contribution is 2.32. The predicted molar refractivity (Wildman–Crippen MR) is 120 cm³/mol. The molecule has 5 nitrogen and oxygen atoms in total. The number of nitrogens with zero attached hydrogens (tertiary/aromatic N) is 3. The Morgan fingerprint density at radius 3 is 2.40 bits per heavy atom. The highest BCUT2D eigenvalue weighted by molar-refractivity contribution is 5.43. The minimum Gasteiger partial charge on any atom is -0.493 e. The summed E-state index contributed by atoms with van der Waals surface area (Å²) in [6, 6.07) is 12.7. The van der Waals surface area contributed by atoms with Crippen molar-refractivity contribution in [3.05, 3.63) is 53.3 Å². The first-order chi connectivity index (χ1) is 14.7. The van der Waals surface area contributed by atoms with Crippen LogP contribution in [0.15, 0.2) is 36.4 Å². The number of hydrogen-bond acceptors (Lipinski definition) is 5. The number of rotatable bonds is 7. The maximum Gasteiger partial charge on any atom is 0.161 e. The molecule has 0 bridgehead atoms. The van der Waals surface area contributed by atoms with E-state index in [0.29, 0.717) is 6.10 Å². The van der Waals surface area contributed by atoms with Gasteiger partial charge in [0.25, 0.3) is 0 Å². The summed E-state index contributed by atoms with van der Waals surface area (Å²) in [5.74, 6) is 1.75. The van der Waals surface area contributed by atoms with Crippen molar-refractivity contribution in [1.29, 1.82) is 0 Å². The summed E-state index contributed by atoms with van der Waals surface area (Å²) < 4.78 is 11.8. The highest BCUT2D eigenvalue weighted by atomic mass is 16.5. The van der Waals surface area contributed by atoms with Crippen molar-refractivity contribution in [2.75, 3.05) is 33.3 Å². The van der Waals surface area contributed by atoms with E-state index in [-0.39, 0.29) is 0 Å². The molecule has 0 radical (unpaired) electrons. The molecule has 2 aliphatic rings. The van der Waals surface area contributed by atoms with Crippen molar-refractivity contribution in [2.45, 2.75) is 58.2 Å². The lowest BCUT2D eigenvalue weighted by Crippen LogP contribution is -2.30. The first kappa shape index (κ1) is 21.1. The van der Waals surface area contributed by atoms with Gasteiger partial charge in [-0.3, -0.25) is 14.8 Å². The quantitative estimate of drug-likeness (QED) is 0.676. The fourth-order valence-corrected chi connectivity index (χ4v) is 4.61. The van der Waals surface area contributed by atoms with Crippen LogP contribution in [0.25, 0.3) is 0 Å². The van der Waals surface area contributed by atoms with Crippen molar-refractivity contribution >= 4 is 0 Å². The fourth-order valence-electron chi connectivity index (χ4n) is 4.61. The molecule has 1 aliphatic heterocycles. The number of aryl methyl sites for hydroxylation is 1. The van der Waals surface area contributed by atoms with Crippen LogP contribution in [0.5, 0.6) is 11.5 Å². The van der Waals surface area contributed by atoms with Gasteiger partial charge in [0.1, 0.15) is 0 Å². The van der Waals surface area contributed by atoms with Crippen LogP contribution >= 0.6 is 0 Å². The monoisotopic (exact) mass is 409 g/mol. The lowest BCUT2D eigenvalue weighted by atomic mass is 10.1. The molecule has 162 valence electrons. The summed E-state index contributed by atoms with van der Waals surface area (Å²) in [5, 5.41) is 0. The lowest BCUT2D eigenvalue weighted by Gasteiger charge is -2.22. The fraction of sp³-hybridized carbons (Fsp3) is 0.560. The van der Waals surface area contributed by atoms with Gasteiger partial charge in [0.2, 0.25) is 0 Å². The topological polar surface area (TPSA) is 37.8 Å². The number of hydrogen-bond donors (Lipinski definition) is 0. The molecule has 30 heavy (non-hydrogen) atoms. The standard InChI is InChI=1S/C25H35N3O2/c1-20-7-5-8-22(26-20)19-28-14-6-13-27(15-16-28)18-21-11-12-24(29-2)25(17-21)30-23-9-3-4-10-23/h5,7-8,11-12,17,23H,3-4,6,9-10,13-16,18-19H2,1-2H3. The van der Waals surface area contributed by atoms with E-state index < -0.39 is 0 Å². The third-order valence-corrected chi connectivity index (χ3v) is 6.24. The van der Waals surface area contributed by atoms with E-state index in [4.69, 9.17) is 9.47 Å². The zero-order valence-corrected chi connectivity index (χ0v) is 18.5. The molecule has 1 aromatic heterocycles. The highest BCUT2D eigenvalue weighted by Gasteiger charge is 2.20. The zero-order valence-electron chi connectivity index (χ0n) is 18.5. The van der Waals surface area contributed by atoms with E-state index in [0.717, 1.165) is 69.3 Å². The lowest BCUT2D eigenvalue weighted by molar-refractivity contribution is 0.200. The number of benzene rings is 1. The number of pyridine rings is 1. The van der Waals surface area contributed by atoms with Crippen molar-refractivity contribution in [3.8, 4) is 11.5 Å². The molecule has 2 aromatic rings. The average Bonchev–Trinajstić information content (AvgIpc) is 3.15. The summed E-state index contributed by atoms with van der Waals surface area (Å²) in [4.78, 5) is 9.76. The minimum atomic E-state index is 0.344. The van der Waals surface area contributed by atoms with Gasteiger partial charge in [0.15, 0.2) is 11.5 Å². The Morgan fingerprint density at radius 1 is 0.900 bits per heavy atom. The Kier molecular flexibility index (Phi) is 7.24. The molecule has 5 heteroatoms. The Morgan fingerprint density at radius 2 is 1.67 bits per heavy atom. The van der Waals surface area contributed by atoms with E-state index in [1.807, 2.05) is 0 Å². The summed E-state index contributed by atoms with van der Waals surface area (Å²) in [6.07, 6.45) is 6.39. The second-order valence-electron chi connectivity index (χ2n) is 8.69. The zero-order chi connectivity index (χ0) is 20.8. The van der Waals surface area contributed by atoms with Gasteiger partial charge in [0.05, 0.1) is 18.9 Å². The molecule has 1 saturated heterocycles. The summed E-state index contributed by atoms with van der Waals surface area (Å²) in [7, 11) is 1.73. The molecule has 1 saturated carbocycles. The largest absolute Gasteiger partial charge is 0.493 e. The van der Waals surface area contributed by atoms with Crippen LogP contribution < -0.4 is 9.47 Å². The van der Waals surface area contributed by atoms with E-state index in [1.165, 1.54) is 30.5 Å². The molecule has 2 heterocycles.